The molecule has 0 radical (unpaired) electrons. The number of carbonyl (C=O) groups is 1. The highest BCUT2D eigenvalue weighted by Crippen LogP contribution is 2.28. The number of anilines is 1. The molecule has 3 aromatic heterocycles. The van der Waals surface area contributed by atoms with Crippen LogP contribution in [0, 0.1) is 0 Å². The Morgan fingerprint density at radius 2 is 2.07 bits per heavy atom. The minimum atomic E-state index is -4.57. The van der Waals surface area contributed by atoms with Crippen LogP contribution in [0.15, 0.2) is 30.9 Å². The minimum absolute atomic E-state index is 0.101. The summed E-state index contributed by atoms with van der Waals surface area (Å²) in [6.45, 7) is 3.68. The van der Waals surface area contributed by atoms with Gasteiger partial charge in [-0.1, -0.05) is 5.21 Å². The zero-order valence-electron chi connectivity index (χ0n) is 14.3. The molecule has 3 rings (SSSR count). The SMILES string of the molecule is CC(C)n1cc(NC(=O)Cn2cc(-c3nccc(C(F)(F)F)n3)cn2)nn1. The van der Waals surface area contributed by atoms with Crippen LogP contribution in [0.3, 0.4) is 0 Å². The van der Waals surface area contributed by atoms with Crippen LogP contribution in [0.4, 0.5) is 19.0 Å². The molecule has 1 N–H and O–H groups in total. The van der Waals surface area contributed by atoms with E-state index in [1.807, 2.05) is 13.8 Å². The molecule has 0 spiro atoms. The second-order valence-corrected chi connectivity index (χ2v) is 5.92. The molecule has 0 fully saturated rings. The number of carbonyl (C=O) groups excluding carboxylic acids is 1. The molecule has 3 heterocycles. The highest BCUT2D eigenvalue weighted by Gasteiger charge is 2.32. The maximum absolute atomic E-state index is 12.7. The lowest BCUT2D eigenvalue weighted by atomic mass is 10.3. The molecule has 0 aliphatic rings. The van der Waals surface area contributed by atoms with Gasteiger partial charge >= 0.3 is 6.18 Å². The molecule has 0 atom stereocenters. The predicted molar refractivity (Wildman–Crippen MR) is 87.3 cm³/mol. The molecule has 9 nitrogen and oxygen atoms in total. The van der Waals surface area contributed by atoms with Crippen LogP contribution in [0.2, 0.25) is 0 Å². The standard InChI is InChI=1S/C15H15F3N8O/c1-9(2)26-7-12(23-24-26)22-13(27)8-25-6-10(5-20-25)14-19-4-3-11(21-14)15(16,17)18/h3-7,9H,8H2,1-2H3,(H,22,27). The summed E-state index contributed by atoms with van der Waals surface area (Å²) in [5.41, 5.74) is -0.786. The van der Waals surface area contributed by atoms with Crippen molar-refractivity contribution in [1.82, 2.24) is 34.7 Å². The highest BCUT2D eigenvalue weighted by molar-refractivity contribution is 5.89. The number of amides is 1. The summed E-state index contributed by atoms with van der Waals surface area (Å²) in [6, 6.07) is 0.885. The van der Waals surface area contributed by atoms with Crippen molar-refractivity contribution >= 4 is 11.7 Å². The van der Waals surface area contributed by atoms with Gasteiger partial charge in [-0.15, -0.1) is 5.10 Å². The van der Waals surface area contributed by atoms with Gasteiger partial charge in [0, 0.05) is 18.4 Å². The largest absolute Gasteiger partial charge is 0.433 e. The Morgan fingerprint density at radius 1 is 1.30 bits per heavy atom. The van der Waals surface area contributed by atoms with Gasteiger partial charge in [-0.05, 0) is 19.9 Å². The van der Waals surface area contributed by atoms with Crippen LogP contribution in [0.1, 0.15) is 25.6 Å². The summed E-state index contributed by atoms with van der Waals surface area (Å²) in [6.07, 6.45) is 0.722. The average molecular weight is 380 g/mol. The molecule has 0 aliphatic carbocycles. The molecule has 3 aromatic rings. The first kappa shape index (κ1) is 18.5. The molecule has 0 saturated carbocycles. The Balaban J connectivity index is 1.68. The number of hydrogen-bond acceptors (Lipinski definition) is 6. The van der Waals surface area contributed by atoms with Crippen LogP contribution in [0.5, 0.6) is 0 Å². The average Bonchev–Trinajstić information content (AvgIpc) is 3.24. The van der Waals surface area contributed by atoms with E-state index in [4.69, 9.17) is 0 Å². The lowest BCUT2D eigenvalue weighted by Gasteiger charge is -2.05. The number of hydrogen-bond donors (Lipinski definition) is 1. The summed E-state index contributed by atoms with van der Waals surface area (Å²) in [4.78, 5) is 19.4. The van der Waals surface area contributed by atoms with Gasteiger partial charge in [-0.25, -0.2) is 14.6 Å². The lowest BCUT2D eigenvalue weighted by molar-refractivity contribution is -0.141. The maximum atomic E-state index is 12.7. The molecular weight excluding hydrogens is 365 g/mol. The first-order valence-electron chi connectivity index (χ1n) is 7.87. The fourth-order valence-electron chi connectivity index (χ4n) is 2.14. The molecule has 27 heavy (non-hydrogen) atoms. The van der Waals surface area contributed by atoms with Gasteiger partial charge in [0.2, 0.25) is 5.91 Å². The van der Waals surface area contributed by atoms with Crippen molar-refractivity contribution < 1.29 is 18.0 Å². The topological polar surface area (TPSA) is 103 Å². The number of nitrogens with one attached hydrogen (secondary N) is 1. The number of halogens is 3. The lowest BCUT2D eigenvalue weighted by Crippen LogP contribution is -2.19. The number of aromatic nitrogens is 7. The van der Waals surface area contributed by atoms with Crippen molar-refractivity contribution in [1.29, 1.82) is 0 Å². The van der Waals surface area contributed by atoms with E-state index in [0.717, 1.165) is 12.3 Å². The second-order valence-electron chi connectivity index (χ2n) is 5.92. The normalized spacial score (nSPS) is 11.8. The van der Waals surface area contributed by atoms with Gasteiger partial charge < -0.3 is 5.32 Å². The minimum Gasteiger partial charge on any atom is -0.306 e. The predicted octanol–water partition coefficient (Wildman–Crippen LogP) is 2.17. The first-order chi connectivity index (χ1) is 12.7. The van der Waals surface area contributed by atoms with E-state index in [2.05, 4.69) is 30.7 Å². The third-order valence-electron chi connectivity index (χ3n) is 3.45. The van der Waals surface area contributed by atoms with E-state index in [0.29, 0.717) is 5.82 Å². The van der Waals surface area contributed by atoms with Crippen LogP contribution < -0.4 is 5.32 Å². The van der Waals surface area contributed by atoms with Gasteiger partial charge in [0.1, 0.15) is 12.2 Å². The Bertz CT molecular complexity index is 946. The molecule has 142 valence electrons. The van der Waals surface area contributed by atoms with E-state index in [9.17, 15) is 18.0 Å². The van der Waals surface area contributed by atoms with Crippen LogP contribution >= 0.6 is 0 Å². The fourth-order valence-corrected chi connectivity index (χ4v) is 2.14. The van der Waals surface area contributed by atoms with E-state index in [1.165, 1.54) is 17.1 Å². The highest BCUT2D eigenvalue weighted by atomic mass is 19.4. The number of alkyl halides is 3. The van der Waals surface area contributed by atoms with Crippen LogP contribution in [-0.2, 0) is 17.5 Å². The molecule has 1 amide bonds. The Kier molecular flexibility index (Phi) is 4.88. The number of nitrogens with zero attached hydrogens (tertiary/aromatic N) is 7. The zero-order chi connectivity index (χ0) is 19.6. The summed E-state index contributed by atoms with van der Waals surface area (Å²) in [5.74, 6) is -0.246. The Morgan fingerprint density at radius 3 is 2.74 bits per heavy atom. The van der Waals surface area contributed by atoms with Gasteiger partial charge in [-0.2, -0.15) is 18.3 Å². The van der Waals surface area contributed by atoms with E-state index in [-0.39, 0.29) is 24.0 Å². The monoisotopic (exact) mass is 380 g/mol. The van der Waals surface area contributed by atoms with Gasteiger partial charge in [0.15, 0.2) is 11.6 Å². The first-order valence-corrected chi connectivity index (χ1v) is 7.87. The summed E-state index contributed by atoms with van der Waals surface area (Å²) < 4.78 is 41.1. The van der Waals surface area contributed by atoms with Crippen molar-refractivity contribution in [3.05, 3.63) is 36.5 Å². The Labute approximate surface area is 151 Å². The molecule has 12 heteroatoms. The van der Waals surface area contributed by atoms with Crippen molar-refractivity contribution in [2.75, 3.05) is 5.32 Å². The number of rotatable bonds is 5. The van der Waals surface area contributed by atoms with Crippen LogP contribution in [-0.4, -0.2) is 40.6 Å². The molecule has 0 aromatic carbocycles. The maximum Gasteiger partial charge on any atom is 0.433 e. The summed E-state index contributed by atoms with van der Waals surface area (Å²) in [5, 5.41) is 14.2. The molecule has 0 unspecified atom stereocenters. The summed E-state index contributed by atoms with van der Waals surface area (Å²) >= 11 is 0. The van der Waals surface area contributed by atoms with E-state index < -0.39 is 17.8 Å². The molecule has 0 bridgehead atoms. The smallest absolute Gasteiger partial charge is 0.306 e. The van der Waals surface area contributed by atoms with Gasteiger partial charge in [-0.3, -0.25) is 9.48 Å². The third kappa shape index (κ3) is 4.46. The zero-order valence-corrected chi connectivity index (χ0v) is 14.3. The quantitative estimate of drug-likeness (QED) is 0.728. The third-order valence-corrected chi connectivity index (χ3v) is 3.45. The van der Waals surface area contributed by atoms with Gasteiger partial charge in [0.05, 0.1) is 18.0 Å². The van der Waals surface area contributed by atoms with Crippen molar-refractivity contribution in [3.8, 4) is 11.4 Å². The van der Waals surface area contributed by atoms with Gasteiger partial charge in [0.25, 0.3) is 0 Å². The van der Waals surface area contributed by atoms with Crippen molar-refractivity contribution in [2.24, 2.45) is 0 Å². The molecular formula is C15H15F3N8O. The molecule has 0 aliphatic heterocycles. The Hall–Kier alpha value is -3.31. The second kappa shape index (κ2) is 7.13. The van der Waals surface area contributed by atoms with Crippen LogP contribution in [0.25, 0.3) is 11.4 Å². The molecule has 0 saturated heterocycles. The van der Waals surface area contributed by atoms with E-state index >= 15 is 0 Å². The summed E-state index contributed by atoms with van der Waals surface area (Å²) in [7, 11) is 0. The van der Waals surface area contributed by atoms with E-state index in [1.54, 1.807) is 10.9 Å². The fraction of sp³-hybridized carbons (Fsp3) is 0.333. The van der Waals surface area contributed by atoms with Crippen molar-refractivity contribution in [2.45, 2.75) is 32.6 Å². The van der Waals surface area contributed by atoms with Crippen molar-refractivity contribution in [3.63, 3.8) is 0 Å².